The van der Waals surface area contributed by atoms with Crippen LogP contribution in [0.4, 0.5) is 24.5 Å². The zero-order valence-electron chi connectivity index (χ0n) is 14.9. The first-order chi connectivity index (χ1) is 13.1. The van der Waals surface area contributed by atoms with E-state index in [-0.39, 0.29) is 24.4 Å². The van der Waals surface area contributed by atoms with Gasteiger partial charge in [-0.1, -0.05) is 18.2 Å². The molecule has 2 aromatic rings. The Morgan fingerprint density at radius 1 is 1.11 bits per heavy atom. The highest BCUT2D eigenvalue weighted by molar-refractivity contribution is 6.04. The van der Waals surface area contributed by atoms with Crippen molar-refractivity contribution in [2.24, 2.45) is 5.92 Å². The van der Waals surface area contributed by atoms with Crippen LogP contribution in [0.5, 0.6) is 0 Å². The summed E-state index contributed by atoms with van der Waals surface area (Å²) < 4.78 is 38.7. The summed E-state index contributed by atoms with van der Waals surface area (Å²) >= 11 is 0. The predicted molar refractivity (Wildman–Crippen MR) is 97.0 cm³/mol. The van der Waals surface area contributed by atoms with Gasteiger partial charge in [0.1, 0.15) is 0 Å². The van der Waals surface area contributed by atoms with E-state index >= 15 is 0 Å². The van der Waals surface area contributed by atoms with E-state index in [1.165, 1.54) is 30.0 Å². The molecular weight excluding hydrogens is 373 g/mol. The van der Waals surface area contributed by atoms with Gasteiger partial charge in [-0.05, 0) is 37.3 Å². The van der Waals surface area contributed by atoms with E-state index in [9.17, 15) is 27.6 Å². The summed E-state index contributed by atoms with van der Waals surface area (Å²) in [5.41, 5.74) is 0.106. The van der Waals surface area contributed by atoms with E-state index < -0.39 is 29.5 Å². The zero-order valence-corrected chi connectivity index (χ0v) is 14.9. The number of anilines is 2. The van der Waals surface area contributed by atoms with Crippen molar-refractivity contribution in [3.63, 3.8) is 0 Å². The van der Waals surface area contributed by atoms with Gasteiger partial charge in [0.05, 0.1) is 11.5 Å². The van der Waals surface area contributed by atoms with Gasteiger partial charge in [0.15, 0.2) is 5.78 Å². The third kappa shape index (κ3) is 4.21. The Morgan fingerprint density at radius 2 is 1.82 bits per heavy atom. The molecular formula is C20H17F3N2O3. The van der Waals surface area contributed by atoms with Gasteiger partial charge in [-0.25, -0.2) is 0 Å². The number of carbonyl (C=O) groups is 3. The average Bonchev–Trinajstić information content (AvgIpc) is 3.03. The molecule has 1 heterocycles. The van der Waals surface area contributed by atoms with Crippen LogP contribution in [0.15, 0.2) is 48.5 Å². The van der Waals surface area contributed by atoms with Crippen LogP contribution in [0.3, 0.4) is 0 Å². The maximum Gasteiger partial charge on any atom is 0.416 e. The minimum atomic E-state index is -4.52. The number of carbonyl (C=O) groups excluding carboxylic acids is 3. The first-order valence-corrected chi connectivity index (χ1v) is 8.54. The van der Waals surface area contributed by atoms with Crippen molar-refractivity contribution in [1.82, 2.24) is 0 Å². The maximum atomic E-state index is 12.9. The number of hydrogen-bond acceptors (Lipinski definition) is 3. The highest BCUT2D eigenvalue weighted by Crippen LogP contribution is 2.33. The van der Waals surface area contributed by atoms with Crippen molar-refractivity contribution in [3.8, 4) is 0 Å². The predicted octanol–water partition coefficient (Wildman–Crippen LogP) is 3.90. The van der Waals surface area contributed by atoms with Gasteiger partial charge < -0.3 is 10.2 Å². The van der Waals surface area contributed by atoms with E-state index in [0.717, 1.165) is 12.1 Å². The highest BCUT2D eigenvalue weighted by atomic mass is 19.4. The van der Waals surface area contributed by atoms with Crippen LogP contribution in [-0.2, 0) is 15.8 Å². The lowest BCUT2D eigenvalue weighted by Gasteiger charge is -2.18. The summed E-state index contributed by atoms with van der Waals surface area (Å²) in [6.45, 7) is 1.39. The average molecular weight is 390 g/mol. The number of halogens is 3. The molecule has 8 heteroatoms. The van der Waals surface area contributed by atoms with Gasteiger partial charge in [-0.3, -0.25) is 14.4 Å². The largest absolute Gasteiger partial charge is 0.416 e. The van der Waals surface area contributed by atoms with Crippen LogP contribution in [0, 0.1) is 5.92 Å². The zero-order chi connectivity index (χ0) is 20.5. The number of alkyl halides is 3. The molecule has 0 radical (unpaired) electrons. The lowest BCUT2D eigenvalue weighted by molar-refractivity contribution is -0.137. The van der Waals surface area contributed by atoms with E-state index in [0.29, 0.717) is 11.3 Å². The second-order valence-electron chi connectivity index (χ2n) is 6.58. The number of hydrogen-bond donors (Lipinski definition) is 1. The Balaban J connectivity index is 1.73. The summed E-state index contributed by atoms with van der Waals surface area (Å²) in [6.07, 6.45) is -4.62. The highest BCUT2D eigenvalue weighted by Gasteiger charge is 2.37. The smallest absolute Gasteiger partial charge is 0.326 e. The molecule has 1 aliphatic heterocycles. The van der Waals surface area contributed by atoms with Crippen molar-refractivity contribution in [2.45, 2.75) is 19.5 Å². The van der Waals surface area contributed by atoms with Crippen LogP contribution in [-0.4, -0.2) is 24.1 Å². The van der Waals surface area contributed by atoms with Gasteiger partial charge >= 0.3 is 6.18 Å². The molecule has 5 nitrogen and oxygen atoms in total. The van der Waals surface area contributed by atoms with Gasteiger partial charge in [-0.15, -0.1) is 0 Å². The molecule has 0 aromatic heterocycles. The molecule has 0 spiro atoms. The fourth-order valence-electron chi connectivity index (χ4n) is 3.04. The SMILES string of the molecule is CC(=O)c1cccc(NC(=O)[C@H]2CC(=O)N(c3cccc(C(F)(F)F)c3)C2)c1. The molecule has 0 unspecified atom stereocenters. The summed E-state index contributed by atoms with van der Waals surface area (Å²) in [6, 6.07) is 10.8. The van der Waals surface area contributed by atoms with Crippen molar-refractivity contribution in [3.05, 3.63) is 59.7 Å². The number of amides is 2. The number of Topliss-reactive ketones (excluding diaryl/α,β-unsaturated/α-hetero) is 1. The molecule has 2 aromatic carbocycles. The molecule has 28 heavy (non-hydrogen) atoms. The standard InChI is InChI=1S/C20H17F3N2O3/c1-12(26)13-4-2-6-16(8-13)24-19(28)14-9-18(27)25(11-14)17-7-3-5-15(10-17)20(21,22)23/h2-8,10,14H,9,11H2,1H3,(H,24,28)/t14-/m0/s1. The minimum absolute atomic E-state index is 0.0155. The van der Waals surface area contributed by atoms with Gasteiger partial charge in [0.25, 0.3) is 0 Å². The molecule has 3 rings (SSSR count). The number of ketones is 1. The molecule has 2 amide bonds. The fraction of sp³-hybridized carbons (Fsp3) is 0.250. The molecule has 0 saturated carbocycles. The van der Waals surface area contributed by atoms with Gasteiger partial charge in [0.2, 0.25) is 11.8 Å². The molecule has 0 bridgehead atoms. The van der Waals surface area contributed by atoms with Gasteiger partial charge in [0, 0.05) is 29.9 Å². The molecule has 146 valence electrons. The molecule has 1 fully saturated rings. The monoisotopic (exact) mass is 390 g/mol. The van der Waals surface area contributed by atoms with Crippen molar-refractivity contribution < 1.29 is 27.6 Å². The molecule has 1 saturated heterocycles. The minimum Gasteiger partial charge on any atom is -0.326 e. The van der Waals surface area contributed by atoms with Crippen molar-refractivity contribution in [2.75, 3.05) is 16.8 Å². The van der Waals surface area contributed by atoms with E-state index in [1.54, 1.807) is 18.2 Å². The van der Waals surface area contributed by atoms with Gasteiger partial charge in [-0.2, -0.15) is 13.2 Å². The summed E-state index contributed by atoms with van der Waals surface area (Å²) in [5.74, 6) is -1.70. The Bertz CT molecular complexity index is 940. The quantitative estimate of drug-likeness (QED) is 0.806. The lowest BCUT2D eigenvalue weighted by atomic mass is 10.1. The number of benzene rings is 2. The van der Waals surface area contributed by atoms with E-state index in [4.69, 9.17) is 0 Å². The number of rotatable bonds is 4. The van der Waals surface area contributed by atoms with Crippen LogP contribution in [0.25, 0.3) is 0 Å². The van der Waals surface area contributed by atoms with Crippen molar-refractivity contribution in [1.29, 1.82) is 0 Å². The maximum absolute atomic E-state index is 12.9. The second kappa shape index (κ2) is 7.46. The molecule has 1 aliphatic rings. The number of nitrogens with one attached hydrogen (secondary N) is 1. The summed E-state index contributed by atoms with van der Waals surface area (Å²) in [5, 5.41) is 2.66. The summed E-state index contributed by atoms with van der Waals surface area (Å²) in [7, 11) is 0. The first kappa shape index (κ1) is 19.6. The third-order valence-corrected chi connectivity index (χ3v) is 4.52. The topological polar surface area (TPSA) is 66.5 Å². The van der Waals surface area contributed by atoms with Crippen molar-refractivity contribution >= 4 is 29.0 Å². The lowest BCUT2D eigenvalue weighted by Crippen LogP contribution is -2.28. The summed E-state index contributed by atoms with van der Waals surface area (Å²) in [4.78, 5) is 37.4. The van der Waals surface area contributed by atoms with Crippen LogP contribution in [0.1, 0.15) is 29.3 Å². The second-order valence-corrected chi connectivity index (χ2v) is 6.58. The Morgan fingerprint density at radius 3 is 2.50 bits per heavy atom. The Hall–Kier alpha value is -3.16. The van der Waals surface area contributed by atoms with E-state index in [2.05, 4.69) is 5.32 Å². The van der Waals surface area contributed by atoms with Crippen LogP contribution >= 0.6 is 0 Å². The van der Waals surface area contributed by atoms with Crippen LogP contribution in [0.2, 0.25) is 0 Å². The first-order valence-electron chi connectivity index (χ1n) is 8.54. The molecule has 0 aliphatic carbocycles. The Labute approximate surface area is 159 Å². The normalized spacial score (nSPS) is 16.9. The molecule has 1 atom stereocenters. The van der Waals surface area contributed by atoms with E-state index in [1.807, 2.05) is 0 Å². The fourth-order valence-corrected chi connectivity index (χ4v) is 3.04. The number of nitrogens with zero attached hydrogens (tertiary/aromatic N) is 1. The van der Waals surface area contributed by atoms with Crippen LogP contribution < -0.4 is 10.2 Å². The molecule has 1 N–H and O–H groups in total. The third-order valence-electron chi connectivity index (χ3n) is 4.52. The Kier molecular flexibility index (Phi) is 5.22.